The Morgan fingerprint density at radius 2 is 1.90 bits per heavy atom. The summed E-state index contributed by atoms with van der Waals surface area (Å²) in [6.45, 7) is 0. The van der Waals surface area contributed by atoms with Crippen molar-refractivity contribution in [3.05, 3.63) is 58.4 Å². The van der Waals surface area contributed by atoms with E-state index in [-0.39, 0.29) is 11.6 Å². The van der Waals surface area contributed by atoms with Gasteiger partial charge in [0, 0.05) is 16.1 Å². The van der Waals surface area contributed by atoms with Crippen LogP contribution < -0.4 is 14.8 Å². The molecule has 0 unspecified atom stereocenters. The van der Waals surface area contributed by atoms with Gasteiger partial charge in [-0.15, -0.1) is 0 Å². The van der Waals surface area contributed by atoms with Gasteiger partial charge in [-0.2, -0.15) is 0 Å². The summed E-state index contributed by atoms with van der Waals surface area (Å²) >= 11 is 3.20. The minimum Gasteiger partial charge on any atom is -0.493 e. The Hall–Kier alpha value is -2.87. The van der Waals surface area contributed by atoms with Crippen LogP contribution in [0.15, 0.2) is 51.5 Å². The van der Waals surface area contributed by atoms with Crippen LogP contribution in [0.2, 0.25) is 0 Å². The Morgan fingerprint density at radius 3 is 2.55 bits per heavy atom. The van der Waals surface area contributed by atoms with Gasteiger partial charge in [0.1, 0.15) is 5.82 Å². The normalized spacial score (nSPS) is 14.3. The number of benzene rings is 2. The van der Waals surface area contributed by atoms with Crippen molar-refractivity contribution < 1.29 is 23.2 Å². The van der Waals surface area contributed by atoms with Crippen molar-refractivity contribution in [2.45, 2.75) is 18.3 Å². The van der Waals surface area contributed by atoms with Crippen LogP contribution in [0.1, 0.15) is 18.5 Å². The maximum atomic E-state index is 14.1. The number of nitrogens with zero attached hydrogens (tertiary/aromatic N) is 1. The van der Waals surface area contributed by atoms with Crippen molar-refractivity contribution in [1.82, 2.24) is 5.16 Å². The number of hydrogen-bond donors (Lipinski definition) is 1. The second-order valence-corrected chi connectivity index (χ2v) is 7.72. The highest BCUT2D eigenvalue weighted by Gasteiger charge is 2.54. The number of anilines is 1. The number of rotatable bonds is 6. The van der Waals surface area contributed by atoms with Crippen LogP contribution in [-0.4, -0.2) is 25.3 Å². The Labute approximate surface area is 175 Å². The summed E-state index contributed by atoms with van der Waals surface area (Å²) in [7, 11) is 3.12. The number of carbonyl (C=O) groups is 1. The van der Waals surface area contributed by atoms with Gasteiger partial charge >= 0.3 is 0 Å². The molecule has 0 saturated heterocycles. The van der Waals surface area contributed by atoms with Crippen LogP contribution in [0.25, 0.3) is 11.3 Å². The summed E-state index contributed by atoms with van der Waals surface area (Å²) in [6.07, 6.45) is 1.24. The molecule has 1 heterocycles. The van der Waals surface area contributed by atoms with Gasteiger partial charge in [0.15, 0.2) is 17.3 Å². The number of ether oxygens (including phenoxy) is 2. The highest BCUT2D eigenvalue weighted by molar-refractivity contribution is 9.10. The first-order chi connectivity index (χ1) is 14.0. The molecule has 1 fully saturated rings. The zero-order chi connectivity index (χ0) is 20.6. The molecule has 4 rings (SSSR count). The fourth-order valence-corrected chi connectivity index (χ4v) is 3.52. The second-order valence-electron chi connectivity index (χ2n) is 6.81. The molecule has 1 aromatic heterocycles. The third-order valence-corrected chi connectivity index (χ3v) is 5.53. The van der Waals surface area contributed by atoms with Gasteiger partial charge in [0.2, 0.25) is 5.91 Å². The van der Waals surface area contributed by atoms with Crippen molar-refractivity contribution >= 4 is 27.5 Å². The van der Waals surface area contributed by atoms with Gasteiger partial charge in [-0.05, 0) is 49.2 Å². The standard InChI is InChI=1S/C21H18BrFN2O4/c1-27-16-6-3-12(9-18(16)28-2)17-11-19(25-29-17)21(7-8-21)20(26)24-15-5-4-13(22)10-14(15)23/h3-6,9-11H,7-8H2,1-2H3,(H,24,26). The fourth-order valence-electron chi connectivity index (χ4n) is 3.18. The third kappa shape index (κ3) is 3.60. The van der Waals surface area contributed by atoms with Crippen molar-refractivity contribution in [3.8, 4) is 22.8 Å². The van der Waals surface area contributed by atoms with Crippen molar-refractivity contribution in [3.63, 3.8) is 0 Å². The summed E-state index contributed by atoms with van der Waals surface area (Å²) < 4.78 is 30.7. The molecule has 0 atom stereocenters. The summed E-state index contributed by atoms with van der Waals surface area (Å²) in [5, 5.41) is 6.78. The molecule has 0 bridgehead atoms. The number of carbonyl (C=O) groups excluding carboxylic acids is 1. The van der Waals surface area contributed by atoms with E-state index in [1.165, 1.54) is 12.1 Å². The first-order valence-corrected chi connectivity index (χ1v) is 9.72. The van der Waals surface area contributed by atoms with Gasteiger partial charge in [-0.25, -0.2) is 4.39 Å². The lowest BCUT2D eigenvalue weighted by atomic mass is 10.00. The Morgan fingerprint density at radius 1 is 1.14 bits per heavy atom. The molecule has 1 aliphatic rings. The van der Waals surface area contributed by atoms with Gasteiger partial charge in [0.05, 0.1) is 31.0 Å². The summed E-state index contributed by atoms with van der Waals surface area (Å²) in [4.78, 5) is 12.9. The zero-order valence-electron chi connectivity index (χ0n) is 15.8. The number of halogens is 2. The molecule has 150 valence electrons. The molecule has 2 aromatic carbocycles. The summed E-state index contributed by atoms with van der Waals surface area (Å²) in [5.74, 6) is 0.869. The molecule has 3 aromatic rings. The number of hydrogen-bond acceptors (Lipinski definition) is 5. The van der Waals surface area contributed by atoms with Gasteiger partial charge in [-0.1, -0.05) is 21.1 Å². The van der Waals surface area contributed by atoms with E-state index in [0.29, 0.717) is 40.3 Å². The lowest BCUT2D eigenvalue weighted by molar-refractivity contribution is -0.118. The van der Waals surface area contributed by atoms with E-state index in [4.69, 9.17) is 14.0 Å². The molecule has 6 nitrogen and oxygen atoms in total. The van der Waals surface area contributed by atoms with Crippen molar-refractivity contribution in [2.24, 2.45) is 0 Å². The summed E-state index contributed by atoms with van der Waals surface area (Å²) in [6, 6.07) is 11.6. The van der Waals surface area contributed by atoms with E-state index < -0.39 is 11.2 Å². The molecule has 29 heavy (non-hydrogen) atoms. The largest absolute Gasteiger partial charge is 0.493 e. The number of methoxy groups -OCH3 is 2. The van der Waals surface area contributed by atoms with Crippen LogP contribution in [0, 0.1) is 5.82 Å². The second kappa shape index (κ2) is 7.51. The lowest BCUT2D eigenvalue weighted by Crippen LogP contribution is -2.28. The minimum absolute atomic E-state index is 0.132. The van der Waals surface area contributed by atoms with Gasteiger partial charge in [0.25, 0.3) is 0 Å². The predicted molar refractivity (Wildman–Crippen MR) is 109 cm³/mol. The molecule has 1 saturated carbocycles. The molecule has 0 spiro atoms. The van der Waals surface area contributed by atoms with Crippen molar-refractivity contribution in [1.29, 1.82) is 0 Å². The van der Waals surface area contributed by atoms with E-state index in [9.17, 15) is 9.18 Å². The van der Waals surface area contributed by atoms with Crippen LogP contribution >= 0.6 is 15.9 Å². The smallest absolute Gasteiger partial charge is 0.236 e. The van der Waals surface area contributed by atoms with E-state index >= 15 is 0 Å². The average Bonchev–Trinajstić information content (AvgIpc) is 3.39. The first kappa shape index (κ1) is 19.4. The SMILES string of the molecule is COc1ccc(-c2cc(C3(C(=O)Nc4ccc(Br)cc4F)CC3)no2)cc1OC. The van der Waals surface area contributed by atoms with Crippen molar-refractivity contribution in [2.75, 3.05) is 19.5 Å². The van der Waals surface area contributed by atoms with E-state index in [1.807, 2.05) is 6.07 Å². The first-order valence-electron chi connectivity index (χ1n) is 8.93. The third-order valence-electron chi connectivity index (χ3n) is 5.03. The molecular formula is C21H18BrFN2O4. The van der Waals surface area contributed by atoms with Crippen LogP contribution in [0.4, 0.5) is 10.1 Å². The molecular weight excluding hydrogens is 443 g/mol. The lowest BCUT2D eigenvalue weighted by Gasteiger charge is -2.13. The molecule has 8 heteroatoms. The highest BCUT2D eigenvalue weighted by atomic mass is 79.9. The maximum absolute atomic E-state index is 14.1. The van der Waals surface area contributed by atoms with Crippen LogP contribution in [0.5, 0.6) is 11.5 Å². The monoisotopic (exact) mass is 460 g/mol. The van der Waals surface area contributed by atoms with Crippen LogP contribution in [0.3, 0.4) is 0 Å². The molecule has 0 radical (unpaired) electrons. The van der Waals surface area contributed by atoms with Gasteiger partial charge in [-0.3, -0.25) is 4.79 Å². The van der Waals surface area contributed by atoms with E-state index in [0.717, 1.165) is 5.56 Å². The maximum Gasteiger partial charge on any atom is 0.236 e. The predicted octanol–water partition coefficient (Wildman–Crippen LogP) is 4.93. The highest BCUT2D eigenvalue weighted by Crippen LogP contribution is 2.49. The molecule has 1 amide bonds. The van der Waals surface area contributed by atoms with Crippen LogP contribution in [-0.2, 0) is 10.2 Å². The minimum atomic E-state index is -0.808. The number of aromatic nitrogens is 1. The molecule has 1 aliphatic carbocycles. The van der Waals surface area contributed by atoms with E-state index in [2.05, 4.69) is 26.4 Å². The molecule has 1 N–H and O–H groups in total. The van der Waals surface area contributed by atoms with Gasteiger partial charge < -0.3 is 19.3 Å². The molecule has 0 aliphatic heterocycles. The number of amides is 1. The quantitative estimate of drug-likeness (QED) is 0.564. The fraction of sp³-hybridized carbons (Fsp3) is 0.238. The Kier molecular flexibility index (Phi) is 5.04. The topological polar surface area (TPSA) is 73.6 Å². The van der Waals surface area contributed by atoms with E-state index in [1.54, 1.807) is 38.5 Å². The number of nitrogens with one attached hydrogen (secondary N) is 1. The Bertz CT molecular complexity index is 1080. The average molecular weight is 461 g/mol. The summed E-state index contributed by atoms with van der Waals surface area (Å²) in [5.41, 5.74) is 0.597. The Balaban J connectivity index is 1.58. The zero-order valence-corrected chi connectivity index (χ0v) is 17.4.